The number of nitrogens with zero attached hydrogens (tertiary/aromatic N) is 3. The second-order valence-electron chi connectivity index (χ2n) is 8.67. The Morgan fingerprint density at radius 2 is 1.80 bits per heavy atom. The molecule has 2 aliphatic rings. The molecule has 0 aliphatic carbocycles. The summed E-state index contributed by atoms with van der Waals surface area (Å²) in [6.07, 6.45) is 8.69. The molecule has 5 nitrogen and oxygen atoms in total. The van der Waals surface area contributed by atoms with E-state index in [1.165, 1.54) is 74.3 Å². The van der Waals surface area contributed by atoms with Crippen molar-refractivity contribution in [1.29, 1.82) is 0 Å². The van der Waals surface area contributed by atoms with E-state index in [2.05, 4.69) is 63.9 Å². The first kappa shape index (κ1) is 25.7. The van der Waals surface area contributed by atoms with Crippen molar-refractivity contribution in [3.63, 3.8) is 0 Å². The average molecular weight is 546 g/mol. The number of rotatable bonds is 6. The van der Waals surface area contributed by atoms with Crippen molar-refractivity contribution in [2.75, 3.05) is 53.1 Å². The van der Waals surface area contributed by atoms with Gasteiger partial charge in [-0.2, -0.15) is 0 Å². The second kappa shape index (κ2) is 12.5. The Morgan fingerprint density at radius 1 is 1.10 bits per heavy atom. The zero-order valence-corrected chi connectivity index (χ0v) is 22.3. The molecular formula is C23H40IN5S. The third-order valence-electron chi connectivity index (χ3n) is 6.64. The largest absolute Gasteiger partial charge is 0.355 e. The zero-order chi connectivity index (χ0) is 20.7. The van der Waals surface area contributed by atoms with Gasteiger partial charge in [0.25, 0.3) is 0 Å². The van der Waals surface area contributed by atoms with Gasteiger partial charge in [-0.05, 0) is 89.3 Å². The van der Waals surface area contributed by atoms with Crippen LogP contribution in [-0.4, -0.2) is 74.4 Å². The van der Waals surface area contributed by atoms with E-state index in [-0.39, 0.29) is 29.5 Å². The lowest BCUT2D eigenvalue weighted by Gasteiger charge is -2.50. The van der Waals surface area contributed by atoms with Crippen molar-refractivity contribution in [2.24, 2.45) is 4.99 Å². The minimum absolute atomic E-state index is 0. The fourth-order valence-electron chi connectivity index (χ4n) is 4.65. The van der Waals surface area contributed by atoms with Gasteiger partial charge in [-0.1, -0.05) is 18.6 Å². The summed E-state index contributed by atoms with van der Waals surface area (Å²) in [7, 11) is 4.13. The molecule has 2 fully saturated rings. The number of thioether (sulfide) groups is 1. The first-order chi connectivity index (χ1) is 14.1. The summed E-state index contributed by atoms with van der Waals surface area (Å²) >= 11 is 1.81. The molecule has 30 heavy (non-hydrogen) atoms. The third-order valence-corrected chi connectivity index (χ3v) is 7.46. The van der Waals surface area contributed by atoms with Gasteiger partial charge in [0.1, 0.15) is 0 Å². The van der Waals surface area contributed by atoms with Crippen molar-refractivity contribution < 1.29 is 0 Å². The van der Waals surface area contributed by atoms with E-state index in [1.807, 2.05) is 18.8 Å². The number of aryl methyl sites for hydroxylation is 1. The zero-order valence-electron chi connectivity index (χ0n) is 19.2. The van der Waals surface area contributed by atoms with Gasteiger partial charge in [-0.15, -0.1) is 35.7 Å². The first-order valence-electron chi connectivity index (χ1n) is 11.1. The van der Waals surface area contributed by atoms with Gasteiger partial charge in [0, 0.05) is 30.6 Å². The van der Waals surface area contributed by atoms with Crippen LogP contribution in [0.25, 0.3) is 0 Å². The maximum Gasteiger partial charge on any atom is 0.191 e. The Morgan fingerprint density at radius 3 is 2.43 bits per heavy atom. The third kappa shape index (κ3) is 6.74. The van der Waals surface area contributed by atoms with Crippen LogP contribution in [0.1, 0.15) is 43.2 Å². The van der Waals surface area contributed by atoms with Crippen LogP contribution in [0.2, 0.25) is 0 Å². The van der Waals surface area contributed by atoms with E-state index < -0.39 is 0 Å². The molecule has 0 atom stereocenters. The molecule has 0 radical (unpaired) electrons. The maximum absolute atomic E-state index is 4.51. The van der Waals surface area contributed by atoms with Crippen LogP contribution < -0.4 is 10.6 Å². The molecule has 2 N–H and O–H groups in total. The Balaban J connectivity index is 0.00000320. The molecule has 0 saturated carbocycles. The first-order valence-corrected chi connectivity index (χ1v) is 12.3. The summed E-state index contributed by atoms with van der Waals surface area (Å²) in [5.41, 5.74) is 2.90. The smallest absolute Gasteiger partial charge is 0.191 e. The van der Waals surface area contributed by atoms with Crippen LogP contribution in [-0.2, 0) is 6.54 Å². The second-order valence-corrected chi connectivity index (χ2v) is 9.52. The number of benzene rings is 1. The molecule has 0 bridgehead atoms. The summed E-state index contributed by atoms with van der Waals surface area (Å²) in [5.74, 6) is 0.910. The van der Waals surface area contributed by atoms with E-state index >= 15 is 0 Å². The van der Waals surface area contributed by atoms with Crippen LogP contribution in [0, 0.1) is 6.92 Å². The highest BCUT2D eigenvalue weighted by molar-refractivity contribution is 14.0. The monoisotopic (exact) mass is 545 g/mol. The SMILES string of the molecule is CN=C(NCc1ccc(C)cc1SC)NCC1(N2CCCCC2)CCN(C)CC1.I. The molecule has 0 aromatic heterocycles. The molecular weight excluding hydrogens is 505 g/mol. The molecule has 3 rings (SSSR count). The number of halogens is 1. The molecule has 1 aromatic rings. The predicted octanol–water partition coefficient (Wildman–Crippen LogP) is 3.95. The molecule has 2 saturated heterocycles. The van der Waals surface area contributed by atoms with Gasteiger partial charge in [-0.3, -0.25) is 9.89 Å². The quantitative estimate of drug-likeness (QED) is 0.245. The number of aliphatic imine (C=N–C) groups is 1. The van der Waals surface area contributed by atoms with E-state index in [0.29, 0.717) is 0 Å². The highest BCUT2D eigenvalue weighted by Crippen LogP contribution is 2.31. The molecule has 2 aliphatic heterocycles. The van der Waals surface area contributed by atoms with Crippen molar-refractivity contribution in [3.8, 4) is 0 Å². The number of hydrogen-bond acceptors (Lipinski definition) is 4. The molecule has 2 heterocycles. The van der Waals surface area contributed by atoms with E-state index in [4.69, 9.17) is 0 Å². The fraction of sp³-hybridized carbons (Fsp3) is 0.696. The molecule has 170 valence electrons. The highest BCUT2D eigenvalue weighted by Gasteiger charge is 2.39. The van der Waals surface area contributed by atoms with Gasteiger partial charge in [-0.25, -0.2) is 0 Å². The van der Waals surface area contributed by atoms with Gasteiger partial charge >= 0.3 is 0 Å². The Labute approximate surface area is 204 Å². The molecule has 7 heteroatoms. The predicted molar refractivity (Wildman–Crippen MR) is 141 cm³/mol. The summed E-state index contributed by atoms with van der Waals surface area (Å²) < 4.78 is 0. The molecule has 0 amide bonds. The Kier molecular flexibility index (Phi) is 10.7. The lowest BCUT2D eigenvalue weighted by Crippen LogP contribution is -2.62. The van der Waals surface area contributed by atoms with Crippen molar-refractivity contribution in [2.45, 2.75) is 56.0 Å². The maximum atomic E-state index is 4.51. The number of guanidine groups is 1. The van der Waals surface area contributed by atoms with Crippen molar-refractivity contribution >= 4 is 41.7 Å². The normalized spacial score (nSPS) is 20.5. The topological polar surface area (TPSA) is 42.9 Å². The van der Waals surface area contributed by atoms with Crippen LogP contribution in [0.3, 0.4) is 0 Å². The minimum Gasteiger partial charge on any atom is -0.355 e. The van der Waals surface area contributed by atoms with Gasteiger partial charge in [0.2, 0.25) is 0 Å². The standard InChI is InChI=1S/C23H39N5S.HI/c1-19-8-9-20(21(16-19)29-4)17-25-22(24-2)26-18-23(10-14-27(3)15-11-23)28-12-6-5-7-13-28;/h8-9,16H,5-7,10-15,17-18H2,1-4H3,(H2,24,25,26);1H. The summed E-state index contributed by atoms with van der Waals surface area (Å²) in [5, 5.41) is 7.23. The van der Waals surface area contributed by atoms with Gasteiger partial charge < -0.3 is 15.5 Å². The van der Waals surface area contributed by atoms with E-state index in [0.717, 1.165) is 19.0 Å². The number of piperidine rings is 2. The highest BCUT2D eigenvalue weighted by atomic mass is 127. The molecule has 1 aromatic carbocycles. The lowest BCUT2D eigenvalue weighted by atomic mass is 9.84. The lowest BCUT2D eigenvalue weighted by molar-refractivity contribution is 0.0173. The van der Waals surface area contributed by atoms with Crippen LogP contribution >= 0.6 is 35.7 Å². The minimum atomic E-state index is 0. The average Bonchev–Trinajstić information content (AvgIpc) is 2.76. The van der Waals surface area contributed by atoms with Crippen LogP contribution in [0.5, 0.6) is 0 Å². The van der Waals surface area contributed by atoms with Crippen molar-refractivity contribution in [1.82, 2.24) is 20.4 Å². The summed E-state index contributed by atoms with van der Waals surface area (Å²) in [6, 6.07) is 6.69. The van der Waals surface area contributed by atoms with Gasteiger partial charge in [0.05, 0.1) is 0 Å². The molecule has 0 unspecified atom stereocenters. The van der Waals surface area contributed by atoms with Gasteiger partial charge in [0.15, 0.2) is 5.96 Å². The van der Waals surface area contributed by atoms with E-state index in [9.17, 15) is 0 Å². The Bertz CT molecular complexity index is 682. The Hall–Kier alpha value is -0.510. The van der Waals surface area contributed by atoms with Crippen molar-refractivity contribution in [3.05, 3.63) is 29.3 Å². The number of nitrogens with one attached hydrogen (secondary N) is 2. The summed E-state index contributed by atoms with van der Waals surface area (Å²) in [4.78, 5) is 11.1. The van der Waals surface area contributed by atoms with Crippen LogP contribution in [0.4, 0.5) is 0 Å². The summed E-state index contributed by atoms with van der Waals surface area (Å²) in [6.45, 7) is 8.80. The fourth-order valence-corrected chi connectivity index (χ4v) is 5.36. The molecule has 0 spiro atoms. The van der Waals surface area contributed by atoms with E-state index in [1.54, 1.807) is 0 Å². The number of hydrogen-bond donors (Lipinski definition) is 2. The van der Waals surface area contributed by atoms with Crippen LogP contribution in [0.15, 0.2) is 28.1 Å². The number of likely N-dealkylation sites (tertiary alicyclic amines) is 2.